The normalized spacial score (nSPS) is 15.1. The third-order valence-electron chi connectivity index (χ3n) is 2.34. The molecule has 80 valence electrons. The predicted molar refractivity (Wildman–Crippen MR) is 55.6 cm³/mol. The number of hydrogen-bond acceptors (Lipinski definition) is 6. The fourth-order valence-electron chi connectivity index (χ4n) is 1.37. The SMILES string of the molecule is Cc1nc(C(=O)ON)c(C2CC2)nc1S. The van der Waals surface area contributed by atoms with Crippen LogP contribution in [0.15, 0.2) is 5.03 Å². The number of aromatic nitrogens is 2. The quantitative estimate of drug-likeness (QED) is 0.579. The van der Waals surface area contributed by atoms with Gasteiger partial charge in [-0.2, -0.15) is 5.90 Å². The molecule has 1 heterocycles. The number of aryl methyl sites for hydroxylation is 1. The van der Waals surface area contributed by atoms with Gasteiger partial charge in [-0.3, -0.25) is 0 Å². The number of nitrogens with zero attached hydrogens (tertiary/aromatic N) is 2. The molecule has 0 spiro atoms. The van der Waals surface area contributed by atoms with Crippen LogP contribution in [-0.4, -0.2) is 15.9 Å². The highest BCUT2D eigenvalue weighted by atomic mass is 32.1. The second-order valence-electron chi connectivity index (χ2n) is 3.55. The number of thiol groups is 1. The van der Waals surface area contributed by atoms with Gasteiger partial charge in [0.15, 0.2) is 5.69 Å². The largest absolute Gasteiger partial charge is 0.377 e. The Morgan fingerprint density at radius 1 is 1.53 bits per heavy atom. The summed E-state index contributed by atoms with van der Waals surface area (Å²) in [4.78, 5) is 23.9. The Bertz CT molecular complexity index is 418. The topological polar surface area (TPSA) is 78.1 Å². The lowest BCUT2D eigenvalue weighted by Gasteiger charge is -2.07. The molecule has 2 N–H and O–H groups in total. The first-order chi connectivity index (χ1) is 7.13. The number of nitrogens with two attached hydrogens (primary N) is 1. The van der Waals surface area contributed by atoms with E-state index in [1.807, 2.05) is 0 Å². The molecule has 2 rings (SSSR count). The van der Waals surface area contributed by atoms with Crippen LogP contribution in [0.3, 0.4) is 0 Å². The van der Waals surface area contributed by atoms with Gasteiger partial charge >= 0.3 is 5.97 Å². The average molecular weight is 225 g/mol. The summed E-state index contributed by atoms with van der Waals surface area (Å²) in [5, 5.41) is 0.547. The third-order valence-corrected chi connectivity index (χ3v) is 2.76. The van der Waals surface area contributed by atoms with Crippen LogP contribution < -0.4 is 5.90 Å². The van der Waals surface area contributed by atoms with Gasteiger partial charge in [-0.1, -0.05) is 0 Å². The van der Waals surface area contributed by atoms with Crippen LogP contribution >= 0.6 is 12.6 Å². The van der Waals surface area contributed by atoms with E-state index in [2.05, 4.69) is 27.4 Å². The van der Waals surface area contributed by atoms with E-state index < -0.39 is 5.97 Å². The first kappa shape index (κ1) is 10.4. The molecule has 1 aliphatic rings. The summed E-state index contributed by atoms with van der Waals surface area (Å²) in [6.45, 7) is 1.74. The molecular formula is C9H11N3O2S. The average Bonchev–Trinajstić information content (AvgIpc) is 3.04. The maximum absolute atomic E-state index is 11.4. The summed E-state index contributed by atoms with van der Waals surface area (Å²) >= 11 is 4.18. The smallest absolute Gasteiger partial charge is 0.368 e. The lowest BCUT2D eigenvalue weighted by atomic mass is 10.2. The second kappa shape index (κ2) is 3.79. The highest BCUT2D eigenvalue weighted by Crippen LogP contribution is 2.40. The molecular weight excluding hydrogens is 214 g/mol. The van der Waals surface area contributed by atoms with Crippen molar-refractivity contribution < 1.29 is 9.63 Å². The van der Waals surface area contributed by atoms with Crippen molar-refractivity contribution in [3.05, 3.63) is 17.1 Å². The Morgan fingerprint density at radius 3 is 2.73 bits per heavy atom. The molecule has 0 saturated heterocycles. The Morgan fingerprint density at radius 2 is 2.20 bits per heavy atom. The van der Waals surface area contributed by atoms with E-state index in [9.17, 15) is 4.79 Å². The fourth-order valence-corrected chi connectivity index (χ4v) is 1.53. The van der Waals surface area contributed by atoms with Crippen molar-refractivity contribution in [2.75, 3.05) is 0 Å². The van der Waals surface area contributed by atoms with E-state index in [1.165, 1.54) is 0 Å². The van der Waals surface area contributed by atoms with Gasteiger partial charge in [-0.25, -0.2) is 14.8 Å². The molecule has 1 saturated carbocycles. The Balaban J connectivity index is 2.49. The van der Waals surface area contributed by atoms with Crippen LogP contribution in [-0.2, 0) is 4.84 Å². The summed E-state index contributed by atoms with van der Waals surface area (Å²) < 4.78 is 0. The fraction of sp³-hybridized carbons (Fsp3) is 0.444. The molecule has 1 aromatic heterocycles. The predicted octanol–water partition coefficient (Wildman–Crippen LogP) is 0.982. The molecule has 6 heteroatoms. The minimum absolute atomic E-state index is 0.218. The molecule has 0 bridgehead atoms. The zero-order valence-corrected chi connectivity index (χ0v) is 9.12. The second-order valence-corrected chi connectivity index (χ2v) is 3.97. The minimum Gasteiger partial charge on any atom is -0.368 e. The molecule has 0 atom stereocenters. The molecule has 1 fully saturated rings. The van der Waals surface area contributed by atoms with Gasteiger partial charge in [0.2, 0.25) is 0 Å². The van der Waals surface area contributed by atoms with E-state index in [4.69, 9.17) is 5.90 Å². The van der Waals surface area contributed by atoms with Crippen molar-refractivity contribution in [1.29, 1.82) is 0 Å². The number of hydrogen-bond donors (Lipinski definition) is 2. The van der Waals surface area contributed by atoms with Crippen molar-refractivity contribution in [2.24, 2.45) is 5.90 Å². The first-order valence-electron chi connectivity index (χ1n) is 4.62. The van der Waals surface area contributed by atoms with Crippen molar-refractivity contribution in [2.45, 2.75) is 30.7 Å². The van der Waals surface area contributed by atoms with Crippen LogP contribution in [0.1, 0.15) is 40.6 Å². The first-order valence-corrected chi connectivity index (χ1v) is 5.06. The highest BCUT2D eigenvalue weighted by Gasteiger charge is 2.31. The number of carbonyl (C=O) groups excluding carboxylic acids is 1. The monoisotopic (exact) mass is 225 g/mol. The highest BCUT2D eigenvalue weighted by molar-refractivity contribution is 7.80. The summed E-state index contributed by atoms with van der Waals surface area (Å²) in [6.07, 6.45) is 2.05. The molecule has 0 radical (unpaired) electrons. The van der Waals surface area contributed by atoms with Gasteiger partial charge in [-0.15, -0.1) is 12.6 Å². The summed E-state index contributed by atoms with van der Waals surface area (Å²) in [6, 6.07) is 0. The molecule has 5 nitrogen and oxygen atoms in total. The van der Waals surface area contributed by atoms with Gasteiger partial charge in [0.05, 0.1) is 11.4 Å². The standard InChI is InChI=1S/C9H11N3O2S/c1-4-8(15)12-6(5-2-3-5)7(11-4)9(13)14-10/h5H,2-3,10H2,1H3,(H,12,15). The number of rotatable bonds is 2. The number of carbonyl (C=O) groups is 1. The Hall–Kier alpha value is -1.14. The van der Waals surface area contributed by atoms with Gasteiger partial charge in [0.1, 0.15) is 5.03 Å². The van der Waals surface area contributed by atoms with Crippen LogP contribution in [0.5, 0.6) is 0 Å². The van der Waals surface area contributed by atoms with E-state index in [0.29, 0.717) is 22.3 Å². The van der Waals surface area contributed by atoms with Crippen LogP contribution in [0.4, 0.5) is 0 Å². The summed E-state index contributed by atoms with van der Waals surface area (Å²) in [5.74, 6) is 4.51. The van der Waals surface area contributed by atoms with Crippen molar-refractivity contribution in [1.82, 2.24) is 9.97 Å². The zero-order chi connectivity index (χ0) is 11.0. The summed E-state index contributed by atoms with van der Waals surface area (Å²) in [7, 11) is 0. The molecule has 0 amide bonds. The van der Waals surface area contributed by atoms with E-state index >= 15 is 0 Å². The lowest BCUT2D eigenvalue weighted by molar-refractivity contribution is 0.0493. The zero-order valence-electron chi connectivity index (χ0n) is 8.23. The van der Waals surface area contributed by atoms with Gasteiger partial charge < -0.3 is 4.84 Å². The van der Waals surface area contributed by atoms with Crippen molar-refractivity contribution >= 4 is 18.6 Å². The molecule has 1 aromatic rings. The van der Waals surface area contributed by atoms with E-state index in [0.717, 1.165) is 12.8 Å². The van der Waals surface area contributed by atoms with Gasteiger partial charge in [0, 0.05) is 5.92 Å². The Labute approximate surface area is 92.4 Å². The maximum Gasteiger partial charge on any atom is 0.377 e. The van der Waals surface area contributed by atoms with Gasteiger partial charge in [0.25, 0.3) is 0 Å². The van der Waals surface area contributed by atoms with Crippen molar-refractivity contribution in [3.63, 3.8) is 0 Å². The third kappa shape index (κ3) is 1.95. The van der Waals surface area contributed by atoms with E-state index in [1.54, 1.807) is 6.92 Å². The van der Waals surface area contributed by atoms with E-state index in [-0.39, 0.29) is 5.69 Å². The summed E-state index contributed by atoms with van der Waals surface area (Å²) in [5.41, 5.74) is 1.47. The molecule has 15 heavy (non-hydrogen) atoms. The maximum atomic E-state index is 11.4. The minimum atomic E-state index is -0.638. The molecule has 1 aliphatic carbocycles. The Kier molecular flexibility index (Phi) is 2.62. The molecule has 0 aromatic carbocycles. The van der Waals surface area contributed by atoms with Crippen LogP contribution in [0.2, 0.25) is 0 Å². The molecule has 0 unspecified atom stereocenters. The van der Waals surface area contributed by atoms with Gasteiger partial charge in [-0.05, 0) is 19.8 Å². The molecule has 0 aliphatic heterocycles. The van der Waals surface area contributed by atoms with Crippen molar-refractivity contribution in [3.8, 4) is 0 Å². The lowest BCUT2D eigenvalue weighted by Crippen LogP contribution is -2.16. The van der Waals surface area contributed by atoms with Crippen LogP contribution in [0.25, 0.3) is 0 Å². The van der Waals surface area contributed by atoms with Crippen LogP contribution in [0, 0.1) is 6.92 Å².